The fraction of sp³-hybridized carbons (Fsp3) is 0.300. The van der Waals surface area contributed by atoms with Crippen LogP contribution in [0.4, 0.5) is 0 Å². The SMILES string of the molecule is CCNC(=NCc1cccc2ccccc12)NCCc1ncc(C)s1. The molecule has 4 nitrogen and oxygen atoms in total. The van der Waals surface area contributed by atoms with Gasteiger partial charge in [0.2, 0.25) is 0 Å². The van der Waals surface area contributed by atoms with Crippen molar-refractivity contribution >= 4 is 28.1 Å². The van der Waals surface area contributed by atoms with Gasteiger partial charge in [0, 0.05) is 30.6 Å². The highest BCUT2D eigenvalue weighted by molar-refractivity contribution is 7.11. The highest BCUT2D eigenvalue weighted by Crippen LogP contribution is 2.19. The molecule has 25 heavy (non-hydrogen) atoms. The fourth-order valence-electron chi connectivity index (χ4n) is 2.74. The van der Waals surface area contributed by atoms with Crippen molar-refractivity contribution in [2.24, 2.45) is 4.99 Å². The molecule has 1 aromatic heterocycles. The minimum absolute atomic E-state index is 0.660. The quantitative estimate of drug-likeness (QED) is 0.522. The van der Waals surface area contributed by atoms with Gasteiger partial charge in [0.15, 0.2) is 5.96 Å². The summed E-state index contributed by atoms with van der Waals surface area (Å²) in [5.41, 5.74) is 1.24. The van der Waals surface area contributed by atoms with Gasteiger partial charge in [0.05, 0.1) is 11.6 Å². The average Bonchev–Trinajstić information content (AvgIpc) is 3.05. The predicted molar refractivity (Wildman–Crippen MR) is 107 cm³/mol. The first kappa shape index (κ1) is 17.4. The van der Waals surface area contributed by atoms with Crippen LogP contribution in [0.15, 0.2) is 53.7 Å². The van der Waals surface area contributed by atoms with Crippen LogP contribution in [0.1, 0.15) is 22.4 Å². The molecule has 2 aromatic carbocycles. The average molecular weight is 353 g/mol. The van der Waals surface area contributed by atoms with Crippen molar-refractivity contribution in [3.63, 3.8) is 0 Å². The Kier molecular flexibility index (Phi) is 6.01. The molecule has 0 saturated heterocycles. The monoisotopic (exact) mass is 352 g/mol. The van der Waals surface area contributed by atoms with Gasteiger partial charge < -0.3 is 10.6 Å². The molecule has 0 fully saturated rings. The zero-order valence-electron chi connectivity index (χ0n) is 14.7. The Labute approximate surface area is 153 Å². The number of guanidine groups is 1. The Morgan fingerprint density at radius 1 is 1.12 bits per heavy atom. The molecule has 2 N–H and O–H groups in total. The minimum atomic E-state index is 0.660. The van der Waals surface area contributed by atoms with Crippen LogP contribution in [-0.4, -0.2) is 24.0 Å². The minimum Gasteiger partial charge on any atom is -0.357 e. The lowest BCUT2D eigenvalue weighted by molar-refractivity contribution is 0.797. The molecule has 0 aliphatic rings. The molecule has 0 radical (unpaired) electrons. The summed E-state index contributed by atoms with van der Waals surface area (Å²) in [7, 11) is 0. The summed E-state index contributed by atoms with van der Waals surface area (Å²) < 4.78 is 0. The normalized spacial score (nSPS) is 11.7. The molecule has 0 aliphatic heterocycles. The number of aromatic nitrogens is 1. The van der Waals surface area contributed by atoms with Crippen LogP contribution >= 0.6 is 11.3 Å². The number of nitrogens with one attached hydrogen (secondary N) is 2. The van der Waals surface area contributed by atoms with E-state index in [0.29, 0.717) is 6.54 Å². The van der Waals surface area contributed by atoms with Crippen LogP contribution in [0.5, 0.6) is 0 Å². The molecule has 0 atom stereocenters. The Morgan fingerprint density at radius 3 is 2.76 bits per heavy atom. The lowest BCUT2D eigenvalue weighted by Gasteiger charge is -2.11. The van der Waals surface area contributed by atoms with Gasteiger partial charge >= 0.3 is 0 Å². The lowest BCUT2D eigenvalue weighted by atomic mass is 10.1. The number of nitrogens with zero attached hydrogens (tertiary/aromatic N) is 2. The van der Waals surface area contributed by atoms with E-state index in [1.165, 1.54) is 21.2 Å². The summed E-state index contributed by atoms with van der Waals surface area (Å²) in [5, 5.41) is 10.4. The number of benzene rings is 2. The molecule has 0 spiro atoms. The van der Waals surface area contributed by atoms with E-state index in [2.05, 4.69) is 71.9 Å². The Bertz CT molecular complexity index is 848. The highest BCUT2D eigenvalue weighted by atomic mass is 32.1. The molecule has 0 unspecified atom stereocenters. The second kappa shape index (κ2) is 8.62. The molecule has 0 saturated carbocycles. The van der Waals surface area contributed by atoms with E-state index >= 15 is 0 Å². The Balaban J connectivity index is 1.64. The molecule has 0 bridgehead atoms. The number of rotatable bonds is 6. The van der Waals surface area contributed by atoms with Crippen LogP contribution in [0, 0.1) is 6.92 Å². The molecule has 1 heterocycles. The number of hydrogen-bond acceptors (Lipinski definition) is 3. The van der Waals surface area contributed by atoms with Crippen molar-refractivity contribution in [3.05, 3.63) is 64.1 Å². The summed E-state index contributed by atoms with van der Waals surface area (Å²) >= 11 is 1.75. The molecular formula is C20H24N4S. The van der Waals surface area contributed by atoms with Crippen LogP contribution in [0.2, 0.25) is 0 Å². The maximum atomic E-state index is 4.75. The Hall–Kier alpha value is -2.40. The van der Waals surface area contributed by atoms with Crippen LogP contribution in [0.25, 0.3) is 10.8 Å². The number of fused-ring (bicyclic) bond motifs is 1. The molecule has 130 valence electrons. The topological polar surface area (TPSA) is 49.3 Å². The number of aliphatic imine (C=N–C) groups is 1. The smallest absolute Gasteiger partial charge is 0.191 e. The maximum absolute atomic E-state index is 4.75. The molecule has 3 aromatic rings. The highest BCUT2D eigenvalue weighted by Gasteiger charge is 2.03. The fourth-order valence-corrected chi connectivity index (χ4v) is 3.53. The number of hydrogen-bond donors (Lipinski definition) is 2. The molecular weight excluding hydrogens is 328 g/mol. The zero-order valence-corrected chi connectivity index (χ0v) is 15.6. The number of thiazole rings is 1. The molecule has 0 aliphatic carbocycles. The summed E-state index contributed by atoms with van der Waals surface area (Å²) in [6, 6.07) is 14.8. The van der Waals surface area contributed by atoms with Crippen LogP contribution < -0.4 is 10.6 Å². The third kappa shape index (κ3) is 4.79. The first-order valence-electron chi connectivity index (χ1n) is 8.66. The van der Waals surface area contributed by atoms with E-state index in [1.54, 1.807) is 11.3 Å². The van der Waals surface area contributed by atoms with E-state index in [9.17, 15) is 0 Å². The second-order valence-electron chi connectivity index (χ2n) is 5.87. The van der Waals surface area contributed by atoms with Crippen molar-refractivity contribution in [2.75, 3.05) is 13.1 Å². The van der Waals surface area contributed by atoms with Crippen molar-refractivity contribution < 1.29 is 0 Å². The van der Waals surface area contributed by atoms with E-state index < -0.39 is 0 Å². The van der Waals surface area contributed by atoms with Gasteiger partial charge in [0.25, 0.3) is 0 Å². The molecule has 3 rings (SSSR count). The van der Waals surface area contributed by atoms with Gasteiger partial charge in [0.1, 0.15) is 0 Å². The van der Waals surface area contributed by atoms with Gasteiger partial charge in [-0.1, -0.05) is 42.5 Å². The summed E-state index contributed by atoms with van der Waals surface area (Å²) in [6.45, 7) is 6.50. The first-order chi connectivity index (χ1) is 12.3. The van der Waals surface area contributed by atoms with E-state index in [-0.39, 0.29) is 0 Å². The third-order valence-corrected chi connectivity index (χ3v) is 4.90. The second-order valence-corrected chi connectivity index (χ2v) is 7.19. The summed E-state index contributed by atoms with van der Waals surface area (Å²) in [4.78, 5) is 10.4. The summed E-state index contributed by atoms with van der Waals surface area (Å²) in [6.07, 6.45) is 2.84. The van der Waals surface area contributed by atoms with E-state index in [0.717, 1.165) is 30.5 Å². The maximum Gasteiger partial charge on any atom is 0.191 e. The standard InChI is InChI=1S/C20H24N4S/c1-3-21-20(22-12-11-19-23-13-15(2)25-19)24-14-17-9-6-8-16-7-4-5-10-18(16)17/h4-10,13H,3,11-12,14H2,1-2H3,(H2,21,22,24). The van der Waals surface area contributed by atoms with Crippen molar-refractivity contribution in [1.29, 1.82) is 0 Å². The lowest BCUT2D eigenvalue weighted by Crippen LogP contribution is -2.38. The number of aryl methyl sites for hydroxylation is 1. The van der Waals surface area contributed by atoms with Crippen molar-refractivity contribution in [3.8, 4) is 0 Å². The van der Waals surface area contributed by atoms with Gasteiger partial charge in [-0.25, -0.2) is 9.98 Å². The van der Waals surface area contributed by atoms with E-state index in [4.69, 9.17) is 4.99 Å². The zero-order chi connectivity index (χ0) is 17.5. The van der Waals surface area contributed by atoms with Gasteiger partial charge in [-0.15, -0.1) is 11.3 Å². The third-order valence-electron chi connectivity index (χ3n) is 3.93. The Morgan fingerprint density at radius 2 is 1.96 bits per heavy atom. The van der Waals surface area contributed by atoms with Crippen molar-refractivity contribution in [1.82, 2.24) is 15.6 Å². The first-order valence-corrected chi connectivity index (χ1v) is 9.48. The largest absolute Gasteiger partial charge is 0.357 e. The molecule has 0 amide bonds. The van der Waals surface area contributed by atoms with Gasteiger partial charge in [-0.2, -0.15) is 0 Å². The molecule has 5 heteroatoms. The van der Waals surface area contributed by atoms with Crippen LogP contribution in [-0.2, 0) is 13.0 Å². The van der Waals surface area contributed by atoms with E-state index in [1.807, 2.05) is 6.20 Å². The van der Waals surface area contributed by atoms with Gasteiger partial charge in [-0.3, -0.25) is 0 Å². The summed E-state index contributed by atoms with van der Waals surface area (Å²) in [5.74, 6) is 0.851. The predicted octanol–water partition coefficient (Wildman–Crippen LogP) is 3.90. The van der Waals surface area contributed by atoms with Crippen molar-refractivity contribution in [2.45, 2.75) is 26.8 Å². The van der Waals surface area contributed by atoms with Crippen LogP contribution in [0.3, 0.4) is 0 Å². The van der Waals surface area contributed by atoms with Gasteiger partial charge in [-0.05, 0) is 30.2 Å².